The number of hydrogen-bond acceptors (Lipinski definition) is 3. The van der Waals surface area contributed by atoms with Gasteiger partial charge in [0.1, 0.15) is 5.82 Å². The number of carbonyl (C=O) groups excluding carboxylic acids is 1. The van der Waals surface area contributed by atoms with Crippen molar-refractivity contribution >= 4 is 35.9 Å². The van der Waals surface area contributed by atoms with E-state index in [0.717, 1.165) is 19.4 Å². The van der Waals surface area contributed by atoms with Gasteiger partial charge < -0.3 is 15.4 Å². The zero-order valence-electron chi connectivity index (χ0n) is 13.6. The molecule has 0 aliphatic rings. The lowest BCUT2D eigenvalue weighted by Crippen LogP contribution is -2.37. The Bertz CT molecular complexity index is 498. The van der Waals surface area contributed by atoms with E-state index in [2.05, 4.69) is 20.4 Å². The lowest BCUT2D eigenvalue weighted by molar-refractivity contribution is -0.140. The molecule has 0 saturated heterocycles. The molecule has 0 bridgehead atoms. The van der Waals surface area contributed by atoms with Crippen LogP contribution in [0, 0.1) is 5.82 Å². The lowest BCUT2D eigenvalue weighted by Gasteiger charge is -2.11. The van der Waals surface area contributed by atoms with Crippen molar-refractivity contribution in [2.24, 2.45) is 4.99 Å². The molecule has 0 saturated carbocycles. The highest BCUT2D eigenvalue weighted by Crippen LogP contribution is 2.07. The summed E-state index contributed by atoms with van der Waals surface area (Å²) in [6, 6.07) is 6.60. The molecule has 1 aromatic carbocycles. The third-order valence-corrected chi connectivity index (χ3v) is 3.04. The molecule has 0 atom stereocenters. The average Bonchev–Trinajstić information content (AvgIpc) is 2.53. The van der Waals surface area contributed by atoms with Gasteiger partial charge in [0.15, 0.2) is 5.96 Å². The molecule has 0 aliphatic heterocycles. The predicted molar refractivity (Wildman–Crippen MR) is 101 cm³/mol. The fourth-order valence-electron chi connectivity index (χ4n) is 1.84. The number of guanidine groups is 1. The standard InChI is InChI=1S/C16H24FN3O2.HI/c1-3-18-16(19-11-7-6-10-15(21)22-2)20-12-13-8-4-5-9-14(13)17;/h4-5,8-9H,3,6-7,10-12H2,1-2H3,(H2,18,19,20);1H. The molecule has 0 radical (unpaired) electrons. The summed E-state index contributed by atoms with van der Waals surface area (Å²) >= 11 is 0. The number of methoxy groups -OCH3 is 1. The molecule has 0 aromatic heterocycles. The van der Waals surface area contributed by atoms with Gasteiger partial charge in [0.05, 0.1) is 13.7 Å². The van der Waals surface area contributed by atoms with E-state index in [0.29, 0.717) is 24.5 Å². The summed E-state index contributed by atoms with van der Waals surface area (Å²) < 4.78 is 18.1. The predicted octanol–water partition coefficient (Wildman–Crippen LogP) is 2.84. The highest BCUT2D eigenvalue weighted by atomic mass is 127. The van der Waals surface area contributed by atoms with Crippen molar-refractivity contribution in [2.75, 3.05) is 20.2 Å². The third-order valence-electron chi connectivity index (χ3n) is 3.04. The van der Waals surface area contributed by atoms with Crippen LogP contribution in [0.5, 0.6) is 0 Å². The molecule has 0 amide bonds. The Balaban J connectivity index is 0.00000484. The molecule has 2 N–H and O–H groups in total. The Hall–Kier alpha value is -1.38. The minimum absolute atomic E-state index is 0. The maximum absolute atomic E-state index is 13.5. The average molecular weight is 437 g/mol. The van der Waals surface area contributed by atoms with Crippen LogP contribution in [-0.4, -0.2) is 32.1 Å². The van der Waals surface area contributed by atoms with Gasteiger partial charge >= 0.3 is 5.97 Å². The molecule has 23 heavy (non-hydrogen) atoms. The first-order chi connectivity index (χ1) is 10.7. The summed E-state index contributed by atoms with van der Waals surface area (Å²) in [7, 11) is 1.39. The second-order valence-corrected chi connectivity index (χ2v) is 4.75. The van der Waals surface area contributed by atoms with Gasteiger partial charge in [-0.05, 0) is 25.8 Å². The molecule has 1 rings (SSSR count). The van der Waals surface area contributed by atoms with E-state index in [9.17, 15) is 9.18 Å². The highest BCUT2D eigenvalue weighted by molar-refractivity contribution is 14.0. The number of halogens is 2. The van der Waals surface area contributed by atoms with Gasteiger partial charge in [-0.2, -0.15) is 0 Å². The minimum atomic E-state index is -0.250. The lowest BCUT2D eigenvalue weighted by atomic mass is 10.2. The Kier molecular flexibility index (Phi) is 12.3. The number of rotatable bonds is 8. The fraction of sp³-hybridized carbons (Fsp3) is 0.500. The quantitative estimate of drug-likeness (QED) is 0.216. The summed E-state index contributed by atoms with van der Waals surface area (Å²) in [5.41, 5.74) is 0.561. The van der Waals surface area contributed by atoms with Crippen molar-refractivity contribution in [1.29, 1.82) is 0 Å². The zero-order chi connectivity index (χ0) is 16.2. The molecule has 0 unspecified atom stereocenters. The SMILES string of the molecule is CCNC(=NCc1ccccc1F)NCCCCC(=O)OC.I. The van der Waals surface area contributed by atoms with Crippen molar-refractivity contribution in [3.8, 4) is 0 Å². The summed E-state index contributed by atoms with van der Waals surface area (Å²) in [6.07, 6.45) is 2.01. The van der Waals surface area contributed by atoms with Gasteiger partial charge in [-0.15, -0.1) is 24.0 Å². The van der Waals surface area contributed by atoms with E-state index in [1.54, 1.807) is 18.2 Å². The Morgan fingerprint density at radius 3 is 2.65 bits per heavy atom. The van der Waals surface area contributed by atoms with E-state index < -0.39 is 0 Å². The number of ether oxygens (including phenoxy) is 1. The first-order valence-corrected chi connectivity index (χ1v) is 7.49. The van der Waals surface area contributed by atoms with Crippen LogP contribution in [0.4, 0.5) is 4.39 Å². The number of nitrogens with one attached hydrogen (secondary N) is 2. The van der Waals surface area contributed by atoms with E-state index in [1.807, 2.05) is 6.92 Å². The zero-order valence-corrected chi connectivity index (χ0v) is 15.9. The van der Waals surface area contributed by atoms with Gasteiger partial charge in [-0.3, -0.25) is 4.79 Å². The number of esters is 1. The maximum atomic E-state index is 13.5. The molecular weight excluding hydrogens is 412 g/mol. The van der Waals surface area contributed by atoms with Gasteiger partial charge in [-0.1, -0.05) is 18.2 Å². The molecular formula is C16H25FIN3O2. The maximum Gasteiger partial charge on any atom is 0.305 e. The van der Waals surface area contributed by atoms with Gasteiger partial charge in [0.25, 0.3) is 0 Å². The number of benzene rings is 1. The smallest absolute Gasteiger partial charge is 0.305 e. The molecule has 0 aliphatic carbocycles. The topological polar surface area (TPSA) is 62.7 Å². The number of aliphatic imine (C=N–C) groups is 1. The number of nitrogens with zero attached hydrogens (tertiary/aromatic N) is 1. The van der Waals surface area contributed by atoms with Crippen molar-refractivity contribution in [2.45, 2.75) is 32.7 Å². The molecule has 0 heterocycles. The molecule has 1 aromatic rings. The molecule has 0 fully saturated rings. The van der Waals surface area contributed by atoms with Crippen LogP contribution in [0.1, 0.15) is 31.7 Å². The van der Waals surface area contributed by atoms with Crippen molar-refractivity contribution < 1.29 is 13.9 Å². The van der Waals surface area contributed by atoms with E-state index in [1.165, 1.54) is 13.2 Å². The summed E-state index contributed by atoms with van der Waals surface area (Å²) in [5.74, 6) is 0.198. The Morgan fingerprint density at radius 2 is 2.00 bits per heavy atom. The van der Waals surface area contributed by atoms with Crippen LogP contribution in [0.15, 0.2) is 29.3 Å². The van der Waals surface area contributed by atoms with Crippen LogP contribution in [-0.2, 0) is 16.1 Å². The summed E-state index contributed by atoms with van der Waals surface area (Å²) in [5, 5.41) is 6.27. The number of unbranched alkanes of at least 4 members (excludes halogenated alkanes) is 1. The van der Waals surface area contributed by atoms with Crippen molar-refractivity contribution in [3.63, 3.8) is 0 Å². The van der Waals surface area contributed by atoms with Crippen molar-refractivity contribution in [1.82, 2.24) is 10.6 Å². The molecule has 130 valence electrons. The summed E-state index contributed by atoms with van der Waals surface area (Å²) in [6.45, 7) is 3.67. The normalized spacial score (nSPS) is 10.7. The molecule has 0 spiro atoms. The van der Waals surface area contributed by atoms with Gasteiger partial charge in [-0.25, -0.2) is 9.38 Å². The highest BCUT2D eigenvalue weighted by Gasteiger charge is 2.02. The largest absolute Gasteiger partial charge is 0.469 e. The number of carbonyl (C=O) groups is 1. The monoisotopic (exact) mass is 437 g/mol. The minimum Gasteiger partial charge on any atom is -0.469 e. The van der Waals surface area contributed by atoms with E-state index in [4.69, 9.17) is 0 Å². The summed E-state index contributed by atoms with van der Waals surface area (Å²) in [4.78, 5) is 15.3. The van der Waals surface area contributed by atoms with Crippen LogP contribution < -0.4 is 10.6 Å². The molecule has 5 nitrogen and oxygen atoms in total. The fourth-order valence-corrected chi connectivity index (χ4v) is 1.84. The third kappa shape index (κ3) is 9.37. The van der Waals surface area contributed by atoms with Crippen molar-refractivity contribution in [3.05, 3.63) is 35.6 Å². The van der Waals surface area contributed by atoms with E-state index >= 15 is 0 Å². The second-order valence-electron chi connectivity index (χ2n) is 4.75. The first kappa shape index (κ1) is 21.6. The van der Waals surface area contributed by atoms with Crippen LogP contribution >= 0.6 is 24.0 Å². The first-order valence-electron chi connectivity index (χ1n) is 7.49. The van der Waals surface area contributed by atoms with Crippen LogP contribution in [0.25, 0.3) is 0 Å². The van der Waals surface area contributed by atoms with Crippen LogP contribution in [0.2, 0.25) is 0 Å². The van der Waals surface area contributed by atoms with Gasteiger partial charge in [0, 0.05) is 25.1 Å². The van der Waals surface area contributed by atoms with E-state index in [-0.39, 0.29) is 42.3 Å². The Morgan fingerprint density at radius 1 is 1.26 bits per heavy atom. The second kappa shape index (κ2) is 13.1. The van der Waals surface area contributed by atoms with Crippen LogP contribution in [0.3, 0.4) is 0 Å². The van der Waals surface area contributed by atoms with Gasteiger partial charge in [0.2, 0.25) is 0 Å². The molecule has 7 heteroatoms. The number of hydrogen-bond donors (Lipinski definition) is 2. The Labute approximate surface area is 154 Å².